The van der Waals surface area contributed by atoms with E-state index in [4.69, 9.17) is 25.8 Å². The molecule has 0 saturated carbocycles. The molecule has 138 valence electrons. The molecule has 7 heteroatoms. The van der Waals surface area contributed by atoms with E-state index in [9.17, 15) is 14.0 Å². The molecule has 0 amide bonds. The van der Waals surface area contributed by atoms with Gasteiger partial charge in [-0.25, -0.2) is 9.18 Å². The summed E-state index contributed by atoms with van der Waals surface area (Å²) in [6.45, 7) is 2.78. The second kappa shape index (κ2) is 8.67. The lowest BCUT2D eigenvalue weighted by Gasteiger charge is -2.15. The van der Waals surface area contributed by atoms with E-state index in [1.807, 2.05) is 0 Å². The van der Waals surface area contributed by atoms with Crippen LogP contribution >= 0.6 is 11.6 Å². The second-order valence-corrected chi connectivity index (χ2v) is 5.99. The van der Waals surface area contributed by atoms with Gasteiger partial charge in [0.2, 0.25) is 0 Å². The van der Waals surface area contributed by atoms with Gasteiger partial charge in [0.05, 0.1) is 7.11 Å². The fraction of sp³-hybridized carbons (Fsp3) is 0.263. The van der Waals surface area contributed by atoms with Gasteiger partial charge in [-0.15, -0.1) is 0 Å². The minimum Gasteiger partial charge on any atom is -0.494 e. The Morgan fingerprint density at radius 2 is 1.85 bits per heavy atom. The van der Waals surface area contributed by atoms with E-state index in [1.54, 1.807) is 25.1 Å². The Kier molecular flexibility index (Phi) is 6.58. The summed E-state index contributed by atoms with van der Waals surface area (Å²) < 4.78 is 28.9. The fourth-order valence-electron chi connectivity index (χ4n) is 2.16. The lowest BCUT2D eigenvalue weighted by molar-refractivity contribution is -0.149. The number of Topliss-reactive ketones (excluding diaryl/α,β-unsaturated/α-hetero) is 1. The number of ketones is 1. The SMILES string of the molecule is COc1ccc(C(=O)COC(=O)C(C)Oc2ccc(Cl)cc2C)cc1F. The second-order valence-electron chi connectivity index (χ2n) is 5.55. The zero-order valence-electron chi connectivity index (χ0n) is 14.5. The number of halogens is 2. The van der Waals surface area contributed by atoms with Gasteiger partial charge in [0.1, 0.15) is 5.75 Å². The van der Waals surface area contributed by atoms with Crippen molar-refractivity contribution in [2.24, 2.45) is 0 Å². The van der Waals surface area contributed by atoms with Gasteiger partial charge in [-0.1, -0.05) is 11.6 Å². The van der Waals surface area contributed by atoms with Crippen LogP contribution in [-0.4, -0.2) is 31.6 Å². The smallest absolute Gasteiger partial charge is 0.347 e. The predicted octanol–water partition coefficient (Wildman–Crippen LogP) is 3.99. The summed E-state index contributed by atoms with van der Waals surface area (Å²) in [6.07, 6.45) is -0.921. The Hall–Kier alpha value is -2.60. The Labute approximate surface area is 155 Å². The van der Waals surface area contributed by atoms with Gasteiger partial charge in [-0.3, -0.25) is 4.79 Å². The molecule has 1 unspecified atom stereocenters. The van der Waals surface area contributed by atoms with Gasteiger partial charge in [-0.2, -0.15) is 0 Å². The van der Waals surface area contributed by atoms with Crippen LogP contribution in [0.25, 0.3) is 0 Å². The first-order valence-electron chi connectivity index (χ1n) is 7.78. The first-order chi connectivity index (χ1) is 12.3. The Morgan fingerprint density at radius 1 is 1.15 bits per heavy atom. The van der Waals surface area contributed by atoms with Crippen LogP contribution in [0.15, 0.2) is 36.4 Å². The molecular formula is C19H18ClFO5. The summed E-state index contributed by atoms with van der Waals surface area (Å²) in [4.78, 5) is 24.0. The maximum atomic E-state index is 13.6. The number of methoxy groups -OCH3 is 1. The molecule has 0 aliphatic heterocycles. The molecule has 5 nitrogen and oxygen atoms in total. The molecule has 0 heterocycles. The van der Waals surface area contributed by atoms with E-state index >= 15 is 0 Å². The number of aryl methyl sites for hydroxylation is 1. The van der Waals surface area contributed by atoms with Gasteiger partial charge in [0, 0.05) is 10.6 Å². The third kappa shape index (κ3) is 4.95. The van der Waals surface area contributed by atoms with Crippen LogP contribution in [0.3, 0.4) is 0 Å². The van der Waals surface area contributed by atoms with Gasteiger partial charge in [0.25, 0.3) is 0 Å². The molecule has 0 aliphatic carbocycles. The van der Waals surface area contributed by atoms with Crippen molar-refractivity contribution in [2.45, 2.75) is 20.0 Å². The van der Waals surface area contributed by atoms with E-state index in [-0.39, 0.29) is 11.3 Å². The molecule has 2 aromatic rings. The topological polar surface area (TPSA) is 61.8 Å². The standard InChI is InChI=1S/C19H18ClFO5/c1-11-8-14(20)5-7-17(11)26-12(2)19(23)25-10-16(22)13-4-6-18(24-3)15(21)9-13/h4-9,12H,10H2,1-3H3. The molecule has 26 heavy (non-hydrogen) atoms. The van der Waals surface area contributed by atoms with Crippen molar-refractivity contribution in [2.75, 3.05) is 13.7 Å². The highest BCUT2D eigenvalue weighted by atomic mass is 35.5. The summed E-state index contributed by atoms with van der Waals surface area (Å²) >= 11 is 5.87. The molecule has 0 bridgehead atoms. The quantitative estimate of drug-likeness (QED) is 0.537. The van der Waals surface area contributed by atoms with E-state index in [2.05, 4.69) is 0 Å². The number of benzene rings is 2. The zero-order valence-corrected chi connectivity index (χ0v) is 15.3. The number of esters is 1. The number of ether oxygens (including phenoxy) is 3. The lowest BCUT2D eigenvalue weighted by atomic mass is 10.1. The molecule has 0 spiro atoms. The van der Waals surface area contributed by atoms with E-state index in [1.165, 1.54) is 26.2 Å². The minimum atomic E-state index is -0.921. The summed E-state index contributed by atoms with van der Waals surface area (Å²) in [5.41, 5.74) is 0.847. The number of hydrogen-bond acceptors (Lipinski definition) is 5. The predicted molar refractivity (Wildman–Crippen MR) is 94.5 cm³/mol. The van der Waals surface area contributed by atoms with E-state index < -0.39 is 30.3 Å². The summed E-state index contributed by atoms with van der Waals surface area (Å²) in [5, 5.41) is 0.558. The van der Waals surface area contributed by atoms with Crippen molar-refractivity contribution >= 4 is 23.4 Å². The molecule has 2 rings (SSSR count). The van der Waals surface area contributed by atoms with Crippen LogP contribution in [0.2, 0.25) is 5.02 Å². The van der Waals surface area contributed by atoms with Crippen molar-refractivity contribution in [1.82, 2.24) is 0 Å². The van der Waals surface area contributed by atoms with Crippen LogP contribution in [0.5, 0.6) is 11.5 Å². The van der Waals surface area contributed by atoms with Gasteiger partial charge < -0.3 is 14.2 Å². The van der Waals surface area contributed by atoms with Crippen molar-refractivity contribution < 1.29 is 28.2 Å². The largest absolute Gasteiger partial charge is 0.494 e. The summed E-state index contributed by atoms with van der Waals surface area (Å²) in [6, 6.07) is 8.76. The molecule has 2 aromatic carbocycles. The van der Waals surface area contributed by atoms with Crippen LogP contribution in [0.1, 0.15) is 22.8 Å². The average molecular weight is 381 g/mol. The van der Waals surface area contributed by atoms with Gasteiger partial charge >= 0.3 is 5.97 Å². The van der Waals surface area contributed by atoms with Crippen molar-refractivity contribution in [3.63, 3.8) is 0 Å². The van der Waals surface area contributed by atoms with E-state index in [0.717, 1.165) is 11.6 Å². The number of carbonyl (C=O) groups is 2. The highest BCUT2D eigenvalue weighted by Crippen LogP contribution is 2.23. The summed E-state index contributed by atoms with van der Waals surface area (Å²) in [5.74, 6) is -1.39. The fourth-order valence-corrected chi connectivity index (χ4v) is 2.39. The zero-order chi connectivity index (χ0) is 19.3. The van der Waals surface area contributed by atoms with Crippen LogP contribution < -0.4 is 9.47 Å². The average Bonchev–Trinajstić information content (AvgIpc) is 2.61. The van der Waals surface area contributed by atoms with Crippen molar-refractivity contribution in [3.05, 3.63) is 58.4 Å². The Bertz CT molecular complexity index is 822. The maximum Gasteiger partial charge on any atom is 0.347 e. The van der Waals surface area contributed by atoms with Crippen molar-refractivity contribution in [3.8, 4) is 11.5 Å². The molecule has 0 radical (unpaired) electrons. The minimum absolute atomic E-state index is 0.0268. The molecular weight excluding hydrogens is 363 g/mol. The van der Waals surface area contributed by atoms with Gasteiger partial charge in [-0.05, 0) is 55.8 Å². The molecule has 0 aromatic heterocycles. The number of carbonyl (C=O) groups excluding carboxylic acids is 2. The molecule has 0 fully saturated rings. The lowest BCUT2D eigenvalue weighted by Crippen LogP contribution is -2.28. The monoisotopic (exact) mass is 380 g/mol. The highest BCUT2D eigenvalue weighted by molar-refractivity contribution is 6.30. The normalized spacial score (nSPS) is 11.6. The van der Waals surface area contributed by atoms with E-state index in [0.29, 0.717) is 10.8 Å². The van der Waals surface area contributed by atoms with Crippen LogP contribution in [-0.2, 0) is 9.53 Å². The number of rotatable bonds is 7. The van der Waals surface area contributed by atoms with Crippen LogP contribution in [0, 0.1) is 12.7 Å². The molecule has 0 aliphatic rings. The summed E-state index contributed by atoms with van der Waals surface area (Å²) in [7, 11) is 1.32. The molecule has 0 N–H and O–H groups in total. The van der Waals surface area contributed by atoms with Crippen molar-refractivity contribution in [1.29, 1.82) is 0 Å². The maximum absolute atomic E-state index is 13.6. The third-order valence-corrected chi connectivity index (χ3v) is 3.83. The number of hydrogen-bond donors (Lipinski definition) is 0. The highest BCUT2D eigenvalue weighted by Gasteiger charge is 2.19. The van der Waals surface area contributed by atoms with Crippen LogP contribution in [0.4, 0.5) is 4.39 Å². The molecule has 0 saturated heterocycles. The Morgan fingerprint density at radius 3 is 2.46 bits per heavy atom. The Balaban J connectivity index is 1.92. The molecule has 1 atom stereocenters. The first-order valence-corrected chi connectivity index (χ1v) is 8.15. The first kappa shape index (κ1) is 19.7. The van der Waals surface area contributed by atoms with Gasteiger partial charge in [0.15, 0.2) is 30.1 Å². The third-order valence-electron chi connectivity index (χ3n) is 3.59.